The zero-order chi connectivity index (χ0) is 13.7. The summed E-state index contributed by atoms with van der Waals surface area (Å²) in [5, 5.41) is 3.26. The first-order valence-electron chi connectivity index (χ1n) is 6.86. The molecular weight excluding hydrogens is 242 g/mol. The van der Waals surface area contributed by atoms with Crippen LogP contribution in [0.4, 0.5) is 0 Å². The standard InChI is InChI=1S/C13H23N5O/c1-17-5-7-18(8-6-17)13(19)12(14)9-11-10-15-3-2-4-16-11/h9,15H,2-8,10,14H2,1H3. The summed E-state index contributed by atoms with van der Waals surface area (Å²) in [5.74, 6) is -0.0694. The Hall–Kier alpha value is -1.40. The number of carbonyl (C=O) groups is 1. The van der Waals surface area contributed by atoms with Gasteiger partial charge in [0.05, 0.1) is 11.4 Å². The van der Waals surface area contributed by atoms with Crippen LogP contribution < -0.4 is 11.1 Å². The van der Waals surface area contributed by atoms with Crippen LogP contribution in [0.3, 0.4) is 0 Å². The van der Waals surface area contributed by atoms with E-state index in [1.54, 1.807) is 6.08 Å². The van der Waals surface area contributed by atoms with Crippen LogP contribution in [0.1, 0.15) is 6.42 Å². The molecule has 0 unspecified atom stereocenters. The minimum Gasteiger partial charge on any atom is -0.394 e. The topological polar surface area (TPSA) is 74.0 Å². The van der Waals surface area contributed by atoms with Crippen molar-refractivity contribution in [3.05, 3.63) is 11.8 Å². The van der Waals surface area contributed by atoms with E-state index in [2.05, 4.69) is 22.3 Å². The second kappa shape index (κ2) is 6.68. The van der Waals surface area contributed by atoms with Crippen LogP contribution in [0, 0.1) is 0 Å². The molecular formula is C13H23N5O. The Morgan fingerprint density at radius 2 is 2.11 bits per heavy atom. The van der Waals surface area contributed by atoms with E-state index in [4.69, 9.17) is 5.73 Å². The van der Waals surface area contributed by atoms with Crippen LogP contribution in [-0.2, 0) is 4.79 Å². The smallest absolute Gasteiger partial charge is 0.269 e. The number of carbonyl (C=O) groups excluding carboxylic acids is 1. The summed E-state index contributed by atoms with van der Waals surface area (Å²) in [4.78, 5) is 20.7. The number of nitrogens with two attached hydrogens (primary N) is 1. The minimum atomic E-state index is -0.0694. The third kappa shape index (κ3) is 4.04. The Morgan fingerprint density at radius 3 is 2.84 bits per heavy atom. The lowest BCUT2D eigenvalue weighted by Gasteiger charge is -2.32. The van der Waals surface area contributed by atoms with Gasteiger partial charge in [0.2, 0.25) is 0 Å². The molecule has 6 nitrogen and oxygen atoms in total. The Balaban J connectivity index is 1.95. The van der Waals surface area contributed by atoms with Gasteiger partial charge >= 0.3 is 0 Å². The van der Waals surface area contributed by atoms with E-state index in [1.807, 2.05) is 4.90 Å². The monoisotopic (exact) mass is 265 g/mol. The second-order valence-corrected chi connectivity index (χ2v) is 5.10. The van der Waals surface area contributed by atoms with E-state index in [9.17, 15) is 4.79 Å². The van der Waals surface area contributed by atoms with Crippen LogP contribution in [0.25, 0.3) is 0 Å². The number of likely N-dealkylation sites (N-methyl/N-ethyl adjacent to an activating group) is 1. The third-order valence-electron chi connectivity index (χ3n) is 3.49. The van der Waals surface area contributed by atoms with Crippen molar-refractivity contribution in [2.24, 2.45) is 10.7 Å². The van der Waals surface area contributed by atoms with E-state index in [0.717, 1.165) is 51.4 Å². The van der Waals surface area contributed by atoms with Gasteiger partial charge in [0, 0.05) is 39.3 Å². The number of amides is 1. The maximum Gasteiger partial charge on any atom is 0.269 e. The summed E-state index contributed by atoms with van der Waals surface area (Å²) in [6.45, 7) is 5.75. The van der Waals surface area contributed by atoms with Gasteiger partial charge in [-0.3, -0.25) is 9.79 Å². The fourth-order valence-corrected chi connectivity index (χ4v) is 2.23. The normalized spacial score (nSPS) is 22.9. The predicted octanol–water partition coefficient (Wildman–Crippen LogP) is -0.963. The molecule has 0 aromatic heterocycles. The average molecular weight is 265 g/mol. The first kappa shape index (κ1) is 14.0. The van der Waals surface area contributed by atoms with Gasteiger partial charge in [-0.25, -0.2) is 0 Å². The highest BCUT2D eigenvalue weighted by atomic mass is 16.2. The molecule has 0 radical (unpaired) electrons. The van der Waals surface area contributed by atoms with E-state index in [1.165, 1.54) is 0 Å². The molecule has 106 valence electrons. The Morgan fingerprint density at radius 1 is 1.37 bits per heavy atom. The van der Waals surface area contributed by atoms with Crippen molar-refractivity contribution in [1.82, 2.24) is 15.1 Å². The van der Waals surface area contributed by atoms with Crippen molar-refractivity contribution in [3.63, 3.8) is 0 Å². The lowest BCUT2D eigenvalue weighted by molar-refractivity contribution is -0.128. The second-order valence-electron chi connectivity index (χ2n) is 5.10. The number of piperazine rings is 1. The van der Waals surface area contributed by atoms with Crippen molar-refractivity contribution in [2.75, 3.05) is 52.9 Å². The van der Waals surface area contributed by atoms with E-state index >= 15 is 0 Å². The van der Waals surface area contributed by atoms with Crippen LogP contribution in [0.5, 0.6) is 0 Å². The van der Waals surface area contributed by atoms with Gasteiger partial charge in [-0.15, -0.1) is 0 Å². The zero-order valence-electron chi connectivity index (χ0n) is 11.6. The first-order chi connectivity index (χ1) is 9.16. The van der Waals surface area contributed by atoms with Crippen LogP contribution >= 0.6 is 0 Å². The molecule has 0 aromatic carbocycles. The first-order valence-corrected chi connectivity index (χ1v) is 6.86. The van der Waals surface area contributed by atoms with Crippen molar-refractivity contribution < 1.29 is 4.79 Å². The van der Waals surface area contributed by atoms with Crippen molar-refractivity contribution >= 4 is 11.6 Å². The molecule has 2 rings (SSSR count). The highest BCUT2D eigenvalue weighted by molar-refractivity contribution is 6.04. The number of rotatable bonds is 2. The minimum absolute atomic E-state index is 0.0694. The zero-order valence-corrected chi connectivity index (χ0v) is 11.6. The van der Waals surface area contributed by atoms with Gasteiger partial charge < -0.3 is 20.9 Å². The number of hydrogen-bond acceptors (Lipinski definition) is 5. The molecule has 0 atom stereocenters. The molecule has 1 fully saturated rings. The largest absolute Gasteiger partial charge is 0.394 e. The Labute approximate surface area is 114 Å². The molecule has 3 N–H and O–H groups in total. The Kier molecular flexibility index (Phi) is 4.93. The van der Waals surface area contributed by atoms with Crippen LogP contribution in [0.2, 0.25) is 0 Å². The number of hydrogen-bond donors (Lipinski definition) is 2. The fourth-order valence-electron chi connectivity index (χ4n) is 2.23. The van der Waals surface area contributed by atoms with Gasteiger partial charge in [-0.2, -0.15) is 0 Å². The summed E-state index contributed by atoms with van der Waals surface area (Å²) in [5.41, 5.74) is 7.08. The van der Waals surface area contributed by atoms with Crippen molar-refractivity contribution in [3.8, 4) is 0 Å². The quantitative estimate of drug-likeness (QED) is 0.631. The summed E-state index contributed by atoms with van der Waals surface area (Å²) in [7, 11) is 2.06. The number of nitrogens with one attached hydrogen (secondary N) is 1. The number of nitrogens with zero attached hydrogens (tertiary/aromatic N) is 3. The Bertz CT molecular complexity index is 382. The number of aliphatic imine (C=N–C) groups is 1. The molecule has 2 aliphatic heterocycles. The maximum absolute atomic E-state index is 12.2. The summed E-state index contributed by atoms with van der Waals surface area (Å²) < 4.78 is 0. The van der Waals surface area contributed by atoms with Crippen LogP contribution in [-0.4, -0.2) is 74.3 Å². The van der Waals surface area contributed by atoms with Crippen molar-refractivity contribution in [1.29, 1.82) is 0 Å². The fraction of sp³-hybridized carbons (Fsp3) is 0.692. The molecule has 2 aliphatic rings. The lowest BCUT2D eigenvalue weighted by Crippen LogP contribution is -2.48. The molecule has 1 saturated heterocycles. The summed E-state index contributed by atoms with van der Waals surface area (Å²) in [6.07, 6.45) is 2.75. The molecule has 19 heavy (non-hydrogen) atoms. The van der Waals surface area contributed by atoms with E-state index in [-0.39, 0.29) is 5.91 Å². The highest BCUT2D eigenvalue weighted by Gasteiger charge is 2.20. The molecule has 0 spiro atoms. The highest BCUT2D eigenvalue weighted by Crippen LogP contribution is 2.03. The van der Waals surface area contributed by atoms with Crippen molar-refractivity contribution in [2.45, 2.75) is 6.42 Å². The molecule has 2 heterocycles. The predicted molar refractivity (Wildman–Crippen MR) is 76.1 cm³/mol. The maximum atomic E-state index is 12.2. The summed E-state index contributed by atoms with van der Waals surface area (Å²) in [6, 6.07) is 0. The van der Waals surface area contributed by atoms with Gasteiger partial charge in [0.15, 0.2) is 0 Å². The van der Waals surface area contributed by atoms with Gasteiger partial charge in [0.1, 0.15) is 0 Å². The van der Waals surface area contributed by atoms with E-state index in [0.29, 0.717) is 12.2 Å². The third-order valence-corrected chi connectivity index (χ3v) is 3.49. The summed E-state index contributed by atoms with van der Waals surface area (Å²) >= 11 is 0. The molecule has 6 heteroatoms. The SMILES string of the molecule is CN1CCN(C(=O)C(N)=CC2=NCCCNC2)CC1. The average Bonchev–Trinajstić information content (AvgIpc) is 2.67. The van der Waals surface area contributed by atoms with E-state index < -0.39 is 0 Å². The molecule has 0 bridgehead atoms. The molecule has 0 aromatic rings. The van der Waals surface area contributed by atoms with Crippen LogP contribution in [0.15, 0.2) is 16.8 Å². The van der Waals surface area contributed by atoms with Gasteiger partial charge in [-0.05, 0) is 26.1 Å². The molecule has 0 aliphatic carbocycles. The van der Waals surface area contributed by atoms with Gasteiger partial charge in [-0.1, -0.05) is 0 Å². The van der Waals surface area contributed by atoms with Gasteiger partial charge in [0.25, 0.3) is 5.91 Å². The molecule has 1 amide bonds. The lowest BCUT2D eigenvalue weighted by atomic mass is 10.2. The molecule has 0 saturated carbocycles.